The Balaban J connectivity index is 1.55. The molecule has 0 aliphatic heterocycles. The molecule has 0 fully saturated rings. The number of rotatable bonds is 7. The third kappa shape index (κ3) is 6.07. The summed E-state index contributed by atoms with van der Waals surface area (Å²) in [5.74, 6) is -0.894. The van der Waals surface area contributed by atoms with Gasteiger partial charge in [0.05, 0.1) is 22.0 Å². The van der Waals surface area contributed by atoms with Crippen molar-refractivity contribution in [2.24, 2.45) is 0 Å². The first-order chi connectivity index (χ1) is 14.7. The van der Waals surface area contributed by atoms with Crippen LogP contribution in [0.5, 0.6) is 0 Å². The zero-order valence-electron chi connectivity index (χ0n) is 16.6. The van der Waals surface area contributed by atoms with Gasteiger partial charge in [-0.1, -0.05) is 41.4 Å². The Morgan fingerprint density at radius 2 is 1.48 bits per heavy atom. The van der Waals surface area contributed by atoms with Gasteiger partial charge in [0.15, 0.2) is 0 Å². The fraction of sp³-hybridized carbons (Fsp3) is 0.0909. The second-order valence-corrected chi connectivity index (χ2v) is 8.80. The minimum atomic E-state index is -3.71. The van der Waals surface area contributed by atoms with Crippen LogP contribution in [0.2, 0.25) is 5.02 Å². The third-order valence-electron chi connectivity index (χ3n) is 4.28. The van der Waals surface area contributed by atoms with Crippen LogP contribution in [0.25, 0.3) is 0 Å². The van der Waals surface area contributed by atoms with Crippen molar-refractivity contribution in [3.8, 4) is 0 Å². The van der Waals surface area contributed by atoms with Crippen LogP contribution < -0.4 is 15.4 Å². The number of nitrogens with one attached hydrogen (secondary N) is 3. The summed E-state index contributed by atoms with van der Waals surface area (Å²) in [6.07, 6.45) is 0. The first kappa shape index (κ1) is 22.3. The number of aryl methyl sites for hydroxylation is 1. The summed E-state index contributed by atoms with van der Waals surface area (Å²) >= 11 is 5.96. The fourth-order valence-electron chi connectivity index (χ4n) is 2.66. The number of anilines is 2. The monoisotopic (exact) mass is 457 g/mol. The SMILES string of the molecule is Cc1ccc(S(=O)(=O)Nc2ccc(NC(=O)CNC(=O)c3ccccc3Cl)cc2)cc1. The minimum absolute atomic E-state index is 0.157. The largest absolute Gasteiger partial charge is 0.343 e. The Kier molecular flexibility index (Phi) is 6.94. The van der Waals surface area contributed by atoms with Crippen LogP contribution in [0, 0.1) is 6.92 Å². The molecule has 0 saturated carbocycles. The van der Waals surface area contributed by atoms with Crippen LogP contribution in [0.15, 0.2) is 77.7 Å². The highest BCUT2D eigenvalue weighted by molar-refractivity contribution is 7.92. The number of halogens is 1. The Morgan fingerprint density at radius 1 is 0.871 bits per heavy atom. The van der Waals surface area contributed by atoms with Gasteiger partial charge < -0.3 is 10.6 Å². The Bertz CT molecular complexity index is 1190. The van der Waals surface area contributed by atoms with E-state index in [0.29, 0.717) is 16.4 Å². The molecule has 3 rings (SSSR count). The zero-order chi connectivity index (χ0) is 22.4. The number of sulfonamides is 1. The lowest BCUT2D eigenvalue weighted by atomic mass is 10.2. The highest BCUT2D eigenvalue weighted by Gasteiger charge is 2.14. The number of benzene rings is 3. The van der Waals surface area contributed by atoms with Gasteiger partial charge in [-0.2, -0.15) is 0 Å². The topological polar surface area (TPSA) is 104 Å². The molecule has 0 saturated heterocycles. The zero-order valence-corrected chi connectivity index (χ0v) is 18.1. The van der Waals surface area contributed by atoms with Gasteiger partial charge in [-0.3, -0.25) is 14.3 Å². The van der Waals surface area contributed by atoms with Crippen molar-refractivity contribution in [1.29, 1.82) is 0 Å². The summed E-state index contributed by atoms with van der Waals surface area (Å²) in [6.45, 7) is 1.63. The van der Waals surface area contributed by atoms with Crippen LogP contribution in [0.3, 0.4) is 0 Å². The molecular weight excluding hydrogens is 438 g/mol. The summed E-state index contributed by atoms with van der Waals surface area (Å²) in [5.41, 5.74) is 2.05. The Morgan fingerprint density at radius 3 is 2.13 bits per heavy atom. The van der Waals surface area contributed by atoms with Gasteiger partial charge in [-0.15, -0.1) is 0 Å². The molecule has 0 radical (unpaired) electrons. The van der Waals surface area contributed by atoms with E-state index in [1.165, 1.54) is 24.3 Å². The lowest BCUT2D eigenvalue weighted by molar-refractivity contribution is -0.115. The number of amides is 2. The average molecular weight is 458 g/mol. The normalized spacial score (nSPS) is 10.9. The lowest BCUT2D eigenvalue weighted by Gasteiger charge is -2.10. The van der Waals surface area contributed by atoms with Crippen molar-refractivity contribution < 1.29 is 18.0 Å². The molecule has 0 spiro atoms. The maximum Gasteiger partial charge on any atom is 0.261 e. The average Bonchev–Trinajstić information content (AvgIpc) is 2.74. The van der Waals surface area contributed by atoms with Crippen molar-refractivity contribution >= 4 is 44.8 Å². The highest BCUT2D eigenvalue weighted by atomic mass is 35.5. The molecule has 2 amide bonds. The summed E-state index contributed by atoms with van der Waals surface area (Å²) in [6, 6.07) is 19.2. The molecule has 0 bridgehead atoms. The summed E-state index contributed by atoms with van der Waals surface area (Å²) in [7, 11) is -3.71. The molecule has 3 aromatic rings. The van der Waals surface area contributed by atoms with E-state index in [-0.39, 0.29) is 17.0 Å². The van der Waals surface area contributed by atoms with E-state index in [9.17, 15) is 18.0 Å². The van der Waals surface area contributed by atoms with E-state index in [2.05, 4.69) is 15.4 Å². The molecule has 7 nitrogen and oxygen atoms in total. The van der Waals surface area contributed by atoms with Crippen LogP contribution in [0.1, 0.15) is 15.9 Å². The minimum Gasteiger partial charge on any atom is -0.343 e. The van der Waals surface area contributed by atoms with E-state index in [0.717, 1.165) is 5.56 Å². The molecule has 0 unspecified atom stereocenters. The molecule has 9 heteroatoms. The number of carbonyl (C=O) groups excluding carboxylic acids is 2. The molecule has 0 aliphatic rings. The van der Waals surface area contributed by atoms with Crippen LogP contribution in [-0.4, -0.2) is 26.8 Å². The maximum absolute atomic E-state index is 12.4. The van der Waals surface area contributed by atoms with E-state index < -0.39 is 21.8 Å². The molecule has 3 aromatic carbocycles. The summed E-state index contributed by atoms with van der Waals surface area (Å²) < 4.78 is 27.4. The van der Waals surface area contributed by atoms with Crippen molar-refractivity contribution in [3.63, 3.8) is 0 Å². The van der Waals surface area contributed by atoms with Crippen LogP contribution in [-0.2, 0) is 14.8 Å². The van der Waals surface area contributed by atoms with Crippen molar-refractivity contribution in [2.75, 3.05) is 16.6 Å². The van der Waals surface area contributed by atoms with E-state index in [1.807, 2.05) is 6.92 Å². The molecular formula is C22H20ClN3O4S. The van der Waals surface area contributed by atoms with Gasteiger partial charge >= 0.3 is 0 Å². The van der Waals surface area contributed by atoms with Gasteiger partial charge in [-0.25, -0.2) is 8.42 Å². The molecule has 0 atom stereocenters. The quantitative estimate of drug-likeness (QED) is 0.501. The molecule has 0 heterocycles. The van der Waals surface area contributed by atoms with Gasteiger partial charge in [0.25, 0.3) is 15.9 Å². The maximum atomic E-state index is 12.4. The molecule has 31 heavy (non-hydrogen) atoms. The fourth-order valence-corrected chi connectivity index (χ4v) is 3.94. The van der Waals surface area contributed by atoms with Gasteiger partial charge in [0, 0.05) is 11.4 Å². The predicted molar refractivity (Wildman–Crippen MR) is 121 cm³/mol. The third-order valence-corrected chi connectivity index (χ3v) is 6.01. The molecule has 3 N–H and O–H groups in total. The summed E-state index contributed by atoms with van der Waals surface area (Å²) in [5, 5.41) is 5.42. The Labute approximate surface area is 185 Å². The van der Waals surface area contributed by atoms with Gasteiger partial charge in [0.2, 0.25) is 5.91 Å². The number of carbonyl (C=O) groups is 2. The van der Waals surface area contributed by atoms with Crippen molar-refractivity contribution in [1.82, 2.24) is 5.32 Å². The second kappa shape index (κ2) is 9.63. The van der Waals surface area contributed by atoms with E-state index in [4.69, 9.17) is 11.6 Å². The Hall–Kier alpha value is -3.36. The molecule has 160 valence electrons. The smallest absolute Gasteiger partial charge is 0.261 e. The van der Waals surface area contributed by atoms with Gasteiger partial charge in [0.1, 0.15) is 0 Å². The summed E-state index contributed by atoms with van der Waals surface area (Å²) in [4.78, 5) is 24.3. The predicted octanol–water partition coefficient (Wildman–Crippen LogP) is 3.82. The first-order valence-corrected chi connectivity index (χ1v) is 11.1. The van der Waals surface area contributed by atoms with Crippen LogP contribution >= 0.6 is 11.6 Å². The second-order valence-electron chi connectivity index (χ2n) is 6.71. The highest BCUT2D eigenvalue weighted by Crippen LogP contribution is 2.19. The first-order valence-electron chi connectivity index (χ1n) is 9.27. The van der Waals surface area contributed by atoms with E-state index in [1.54, 1.807) is 48.5 Å². The molecule has 0 aliphatic carbocycles. The van der Waals surface area contributed by atoms with Crippen molar-refractivity contribution in [2.45, 2.75) is 11.8 Å². The van der Waals surface area contributed by atoms with E-state index >= 15 is 0 Å². The van der Waals surface area contributed by atoms with Crippen molar-refractivity contribution in [3.05, 3.63) is 88.9 Å². The van der Waals surface area contributed by atoms with Crippen LogP contribution in [0.4, 0.5) is 11.4 Å². The number of hydrogen-bond acceptors (Lipinski definition) is 4. The molecule has 0 aromatic heterocycles. The standard InChI is InChI=1S/C22H20ClN3O4S/c1-15-6-12-18(13-7-15)31(29,30)26-17-10-8-16(9-11-17)25-21(27)14-24-22(28)19-4-2-3-5-20(19)23/h2-13,26H,14H2,1H3,(H,24,28)(H,25,27). The lowest BCUT2D eigenvalue weighted by Crippen LogP contribution is -2.33. The van der Waals surface area contributed by atoms with Gasteiger partial charge in [-0.05, 0) is 55.5 Å². The number of hydrogen-bond donors (Lipinski definition) is 3.